The van der Waals surface area contributed by atoms with Gasteiger partial charge in [-0.2, -0.15) is 0 Å². The summed E-state index contributed by atoms with van der Waals surface area (Å²) in [7, 11) is 1.88. The first-order chi connectivity index (χ1) is 10.1. The van der Waals surface area contributed by atoms with Crippen LogP contribution in [0.4, 0.5) is 0 Å². The van der Waals surface area contributed by atoms with Crippen LogP contribution in [0.15, 0.2) is 41.8 Å². The van der Waals surface area contributed by atoms with Crippen LogP contribution in [-0.2, 0) is 24.8 Å². The van der Waals surface area contributed by atoms with E-state index in [1.165, 1.54) is 0 Å². The van der Waals surface area contributed by atoms with Crippen molar-refractivity contribution in [3.8, 4) is 0 Å². The van der Waals surface area contributed by atoms with E-state index in [9.17, 15) is 4.79 Å². The van der Waals surface area contributed by atoms with Gasteiger partial charge in [-0.15, -0.1) is 0 Å². The summed E-state index contributed by atoms with van der Waals surface area (Å²) in [5, 5.41) is 14.3. The first-order valence-corrected chi connectivity index (χ1v) is 6.40. The summed E-state index contributed by atoms with van der Waals surface area (Å²) in [5.74, 6) is 0.751. The average Bonchev–Trinajstić information content (AvgIpc) is 2.90. The lowest BCUT2D eigenvalue weighted by Gasteiger charge is -2.06. The molecule has 110 valence electrons. The zero-order valence-electron chi connectivity index (χ0n) is 11.7. The Labute approximate surface area is 122 Å². The molecule has 0 saturated heterocycles. The van der Waals surface area contributed by atoms with Gasteiger partial charge in [0.25, 0.3) is 0 Å². The van der Waals surface area contributed by atoms with Gasteiger partial charge in [0.15, 0.2) is 5.84 Å². The largest absolute Gasteiger partial charge is 0.409 e. The molecule has 0 saturated carbocycles. The van der Waals surface area contributed by atoms with Gasteiger partial charge in [0.2, 0.25) is 5.91 Å². The van der Waals surface area contributed by atoms with E-state index < -0.39 is 0 Å². The molecule has 1 heterocycles. The molecule has 1 aromatic heterocycles. The molecule has 21 heavy (non-hydrogen) atoms. The Bertz CT molecular complexity index is 646. The van der Waals surface area contributed by atoms with Gasteiger partial charge in [-0.05, 0) is 5.56 Å². The smallest absolute Gasteiger partial charge is 0.224 e. The van der Waals surface area contributed by atoms with Crippen LogP contribution in [0.5, 0.6) is 0 Å². The highest BCUT2D eigenvalue weighted by Gasteiger charge is 2.06. The van der Waals surface area contributed by atoms with Gasteiger partial charge in [0, 0.05) is 25.0 Å². The minimum absolute atomic E-state index is 0.0424. The summed E-state index contributed by atoms with van der Waals surface area (Å²) in [5.41, 5.74) is 6.93. The third-order valence-electron chi connectivity index (χ3n) is 3.09. The Balaban J connectivity index is 1.89. The van der Waals surface area contributed by atoms with Crippen molar-refractivity contribution in [2.45, 2.75) is 13.0 Å². The van der Waals surface area contributed by atoms with Gasteiger partial charge in [0.05, 0.1) is 13.0 Å². The monoisotopic (exact) mass is 287 g/mol. The number of hydrogen-bond donors (Lipinski definition) is 3. The normalized spacial score (nSPS) is 11.4. The van der Waals surface area contributed by atoms with Crippen LogP contribution in [0.3, 0.4) is 0 Å². The molecule has 1 amide bonds. The van der Waals surface area contributed by atoms with Gasteiger partial charge < -0.3 is 20.8 Å². The van der Waals surface area contributed by atoms with E-state index >= 15 is 0 Å². The Morgan fingerprint density at radius 1 is 1.43 bits per heavy atom. The number of imidazole rings is 1. The molecule has 0 fully saturated rings. The first-order valence-electron chi connectivity index (χ1n) is 6.40. The Morgan fingerprint density at radius 2 is 2.14 bits per heavy atom. The third-order valence-corrected chi connectivity index (χ3v) is 3.09. The topological polar surface area (TPSA) is 106 Å². The second-order valence-corrected chi connectivity index (χ2v) is 4.59. The molecule has 0 unspecified atom stereocenters. The molecule has 2 aromatic rings. The maximum absolute atomic E-state index is 11.9. The van der Waals surface area contributed by atoms with Crippen LogP contribution in [0.25, 0.3) is 0 Å². The zero-order chi connectivity index (χ0) is 15.2. The number of oxime groups is 1. The fourth-order valence-corrected chi connectivity index (χ4v) is 1.84. The van der Waals surface area contributed by atoms with Crippen LogP contribution in [0.2, 0.25) is 0 Å². The Hall–Kier alpha value is -2.83. The van der Waals surface area contributed by atoms with E-state index in [1.54, 1.807) is 30.5 Å². The molecule has 7 nitrogen and oxygen atoms in total. The lowest BCUT2D eigenvalue weighted by molar-refractivity contribution is -0.120. The van der Waals surface area contributed by atoms with Crippen molar-refractivity contribution in [3.05, 3.63) is 53.6 Å². The number of carbonyl (C=O) groups excluding carboxylic acids is 1. The molecule has 2 rings (SSSR count). The van der Waals surface area contributed by atoms with E-state index in [0.29, 0.717) is 12.1 Å². The van der Waals surface area contributed by atoms with E-state index in [2.05, 4.69) is 15.5 Å². The number of nitrogens with one attached hydrogen (secondary N) is 1. The number of amides is 1. The highest BCUT2D eigenvalue weighted by Crippen LogP contribution is 2.05. The zero-order valence-corrected chi connectivity index (χ0v) is 11.7. The summed E-state index contributed by atoms with van der Waals surface area (Å²) >= 11 is 0. The SMILES string of the molecule is Cn1ccnc1CNC(=O)Cc1ccc(C(N)=NO)cc1. The second kappa shape index (κ2) is 6.56. The van der Waals surface area contributed by atoms with Gasteiger partial charge in [-0.3, -0.25) is 4.79 Å². The van der Waals surface area contributed by atoms with Gasteiger partial charge in [0.1, 0.15) is 5.82 Å². The maximum Gasteiger partial charge on any atom is 0.224 e. The van der Waals surface area contributed by atoms with E-state index in [0.717, 1.165) is 11.4 Å². The minimum Gasteiger partial charge on any atom is -0.409 e. The third kappa shape index (κ3) is 3.82. The average molecular weight is 287 g/mol. The molecule has 0 aliphatic rings. The number of benzene rings is 1. The number of nitrogens with two attached hydrogens (primary N) is 1. The minimum atomic E-state index is -0.0884. The summed E-state index contributed by atoms with van der Waals surface area (Å²) < 4.78 is 1.85. The number of rotatable bonds is 5. The van der Waals surface area contributed by atoms with Crippen molar-refractivity contribution in [2.24, 2.45) is 17.9 Å². The highest BCUT2D eigenvalue weighted by atomic mass is 16.4. The summed E-state index contributed by atoms with van der Waals surface area (Å²) in [6, 6.07) is 6.95. The van der Waals surface area contributed by atoms with E-state index in [-0.39, 0.29) is 18.2 Å². The molecular formula is C14H17N5O2. The number of hydrogen-bond acceptors (Lipinski definition) is 4. The highest BCUT2D eigenvalue weighted by molar-refractivity contribution is 5.97. The van der Waals surface area contributed by atoms with Crippen molar-refractivity contribution >= 4 is 11.7 Å². The van der Waals surface area contributed by atoms with Crippen molar-refractivity contribution in [1.82, 2.24) is 14.9 Å². The predicted octanol–water partition coefficient (Wildman–Crippen LogP) is 0.373. The predicted molar refractivity (Wildman–Crippen MR) is 77.7 cm³/mol. The van der Waals surface area contributed by atoms with Crippen LogP contribution in [-0.4, -0.2) is 26.5 Å². The van der Waals surface area contributed by atoms with Crippen molar-refractivity contribution in [3.63, 3.8) is 0 Å². The van der Waals surface area contributed by atoms with Crippen LogP contribution in [0, 0.1) is 0 Å². The maximum atomic E-state index is 11.9. The second-order valence-electron chi connectivity index (χ2n) is 4.59. The van der Waals surface area contributed by atoms with Crippen molar-refractivity contribution in [2.75, 3.05) is 0 Å². The number of aryl methyl sites for hydroxylation is 1. The summed E-state index contributed by atoms with van der Waals surface area (Å²) in [4.78, 5) is 16.0. The molecule has 0 spiro atoms. The number of aromatic nitrogens is 2. The van der Waals surface area contributed by atoms with Gasteiger partial charge >= 0.3 is 0 Å². The molecule has 0 bridgehead atoms. The molecule has 0 atom stereocenters. The van der Waals surface area contributed by atoms with Crippen LogP contribution >= 0.6 is 0 Å². The number of amidine groups is 1. The molecule has 0 aliphatic carbocycles. The van der Waals surface area contributed by atoms with Crippen LogP contribution in [0.1, 0.15) is 17.0 Å². The number of nitrogens with zero attached hydrogens (tertiary/aromatic N) is 3. The molecule has 7 heteroatoms. The fourth-order valence-electron chi connectivity index (χ4n) is 1.84. The Morgan fingerprint density at radius 3 is 2.71 bits per heavy atom. The van der Waals surface area contributed by atoms with Crippen molar-refractivity contribution < 1.29 is 10.0 Å². The van der Waals surface area contributed by atoms with Crippen molar-refractivity contribution in [1.29, 1.82) is 0 Å². The van der Waals surface area contributed by atoms with Crippen LogP contribution < -0.4 is 11.1 Å². The lowest BCUT2D eigenvalue weighted by atomic mass is 10.1. The lowest BCUT2D eigenvalue weighted by Crippen LogP contribution is -2.26. The van der Waals surface area contributed by atoms with Gasteiger partial charge in [-0.25, -0.2) is 4.98 Å². The molecule has 4 N–H and O–H groups in total. The molecule has 1 aromatic carbocycles. The standard InChI is InChI=1S/C14H17N5O2/c1-19-7-6-16-12(19)9-17-13(20)8-10-2-4-11(5-3-10)14(15)18-21/h2-7,21H,8-9H2,1H3,(H2,15,18)(H,17,20). The van der Waals surface area contributed by atoms with E-state index in [1.807, 2.05) is 17.8 Å². The number of carbonyl (C=O) groups is 1. The summed E-state index contributed by atoms with van der Waals surface area (Å²) in [6.45, 7) is 0.393. The Kier molecular flexibility index (Phi) is 4.55. The quantitative estimate of drug-likeness (QED) is 0.320. The first kappa shape index (κ1) is 14.6. The molecular weight excluding hydrogens is 270 g/mol. The molecule has 0 radical (unpaired) electrons. The fraction of sp³-hybridized carbons (Fsp3) is 0.214. The van der Waals surface area contributed by atoms with Gasteiger partial charge in [-0.1, -0.05) is 29.4 Å². The summed E-state index contributed by atoms with van der Waals surface area (Å²) in [6.07, 6.45) is 3.78. The molecule has 0 aliphatic heterocycles. The van der Waals surface area contributed by atoms with E-state index in [4.69, 9.17) is 10.9 Å².